The van der Waals surface area contributed by atoms with Gasteiger partial charge in [0.15, 0.2) is 0 Å². The van der Waals surface area contributed by atoms with Gasteiger partial charge in [-0.25, -0.2) is 0 Å². The molecule has 1 aliphatic carbocycles. The van der Waals surface area contributed by atoms with Crippen molar-refractivity contribution in [2.24, 2.45) is 0 Å². The van der Waals surface area contributed by atoms with Crippen LogP contribution in [0, 0.1) is 0 Å². The Labute approximate surface area is 425 Å². The summed E-state index contributed by atoms with van der Waals surface area (Å²) in [5, 5.41) is 4.72. The SMILES string of the molecule is c1ccc(C2(c3ccccc3)c3ccccc3-c3c(-c4ccc(N(c5ccc(-c6ccc(-c7ccc8ccccc8c7)cc6)cc5)c5ccccc5-c5cccc6oc7ccccc7c56)cc4)cccc32)cc1. The molecule has 13 aromatic rings. The molecule has 2 nitrogen and oxygen atoms in total. The summed E-state index contributed by atoms with van der Waals surface area (Å²) in [5.74, 6) is 0. The highest BCUT2D eigenvalue weighted by Crippen LogP contribution is 2.58. The smallest absolute Gasteiger partial charge is 0.136 e. The molecule has 0 aliphatic heterocycles. The number of nitrogens with zero attached hydrogens (tertiary/aromatic N) is 1. The number of benzene rings is 12. The molecule has 0 bridgehead atoms. The third kappa shape index (κ3) is 6.94. The van der Waals surface area contributed by atoms with Crippen molar-refractivity contribution in [3.63, 3.8) is 0 Å². The number of rotatable bonds is 9. The summed E-state index contributed by atoms with van der Waals surface area (Å²) in [6.45, 7) is 0. The van der Waals surface area contributed by atoms with Gasteiger partial charge in [0.05, 0.1) is 11.1 Å². The number of fused-ring (bicyclic) bond motifs is 7. The first-order valence-electron chi connectivity index (χ1n) is 25.2. The fourth-order valence-corrected chi connectivity index (χ4v) is 11.9. The summed E-state index contributed by atoms with van der Waals surface area (Å²) in [6.07, 6.45) is 0. The van der Waals surface area contributed by atoms with Crippen LogP contribution in [-0.4, -0.2) is 0 Å². The zero-order chi connectivity index (χ0) is 48.3. The first-order valence-corrected chi connectivity index (χ1v) is 25.2. The average molecular weight is 930 g/mol. The number of hydrogen-bond donors (Lipinski definition) is 0. The van der Waals surface area contributed by atoms with Gasteiger partial charge in [0.2, 0.25) is 0 Å². The molecule has 0 radical (unpaired) electrons. The van der Waals surface area contributed by atoms with E-state index in [1.165, 1.54) is 66.4 Å². The van der Waals surface area contributed by atoms with Crippen molar-refractivity contribution in [1.29, 1.82) is 0 Å². The van der Waals surface area contributed by atoms with Gasteiger partial charge >= 0.3 is 0 Å². The van der Waals surface area contributed by atoms with Crippen LogP contribution in [0.5, 0.6) is 0 Å². The van der Waals surface area contributed by atoms with E-state index in [2.05, 4.69) is 284 Å². The first kappa shape index (κ1) is 42.4. The maximum absolute atomic E-state index is 6.45. The van der Waals surface area contributed by atoms with Gasteiger partial charge in [0.1, 0.15) is 11.2 Å². The van der Waals surface area contributed by atoms with Gasteiger partial charge in [-0.2, -0.15) is 0 Å². The molecule has 1 heterocycles. The molecule has 0 spiro atoms. The molecule has 12 aromatic carbocycles. The third-order valence-corrected chi connectivity index (χ3v) is 15.2. The van der Waals surface area contributed by atoms with Gasteiger partial charge in [-0.3, -0.25) is 0 Å². The van der Waals surface area contributed by atoms with Gasteiger partial charge in [-0.1, -0.05) is 237 Å². The Balaban J connectivity index is 0.895. The van der Waals surface area contributed by atoms with Crippen LogP contribution in [0.4, 0.5) is 17.1 Å². The van der Waals surface area contributed by atoms with Crippen molar-refractivity contribution in [2.45, 2.75) is 5.41 Å². The quantitative estimate of drug-likeness (QED) is 0.143. The molecule has 0 atom stereocenters. The second kappa shape index (κ2) is 17.4. The van der Waals surface area contributed by atoms with Crippen molar-refractivity contribution in [1.82, 2.24) is 0 Å². The van der Waals surface area contributed by atoms with Crippen LogP contribution in [0.15, 0.2) is 290 Å². The minimum Gasteiger partial charge on any atom is -0.456 e. The molecule has 2 heteroatoms. The van der Waals surface area contributed by atoms with Crippen molar-refractivity contribution in [3.05, 3.63) is 307 Å². The lowest BCUT2D eigenvalue weighted by Gasteiger charge is -2.34. The largest absolute Gasteiger partial charge is 0.456 e. The molecule has 1 aromatic heterocycles. The van der Waals surface area contributed by atoms with E-state index in [1.807, 2.05) is 6.07 Å². The zero-order valence-corrected chi connectivity index (χ0v) is 40.0. The van der Waals surface area contributed by atoms with Crippen LogP contribution in [0.25, 0.3) is 88.3 Å². The summed E-state index contributed by atoms with van der Waals surface area (Å²) < 4.78 is 6.45. The molecule has 0 fully saturated rings. The summed E-state index contributed by atoms with van der Waals surface area (Å²) in [7, 11) is 0. The van der Waals surface area contributed by atoms with E-state index in [0.717, 1.165) is 61.3 Å². The number of furan rings is 1. The predicted molar refractivity (Wildman–Crippen MR) is 305 cm³/mol. The molecule has 0 amide bonds. The maximum Gasteiger partial charge on any atom is 0.136 e. The highest BCUT2D eigenvalue weighted by Gasteiger charge is 2.46. The second-order valence-electron chi connectivity index (χ2n) is 19.1. The Kier molecular flexibility index (Phi) is 10.1. The van der Waals surface area contributed by atoms with E-state index in [9.17, 15) is 0 Å². The minimum atomic E-state index is -0.473. The summed E-state index contributed by atoms with van der Waals surface area (Å²) >= 11 is 0. The standard InChI is InChI=1S/C71H47NO/c1-3-19-55(20-4-1)71(56-21-5-2-6-22-56)64-28-12-9-24-62(64)69-59(26-15-29-65(69)71)52-41-45-58(46-42-52)72(66-30-13-10-23-60(66)61-27-16-32-68-70(61)63-25-11-14-31-67(63)73-68)57-43-39-50(40-44-57)49-33-35-51(36-34-49)54-38-37-48-17-7-8-18-53(48)47-54/h1-47H. The van der Waals surface area contributed by atoms with E-state index in [-0.39, 0.29) is 0 Å². The Morgan fingerprint density at radius 2 is 0.795 bits per heavy atom. The van der Waals surface area contributed by atoms with Crippen molar-refractivity contribution in [2.75, 3.05) is 4.90 Å². The van der Waals surface area contributed by atoms with Crippen LogP contribution in [0.2, 0.25) is 0 Å². The summed E-state index contributed by atoms with van der Waals surface area (Å²) in [6, 6.07) is 104. The molecule has 342 valence electrons. The molecular formula is C71H47NO. The molecule has 0 unspecified atom stereocenters. The second-order valence-corrected chi connectivity index (χ2v) is 19.1. The molecule has 14 rings (SSSR count). The van der Waals surface area contributed by atoms with E-state index < -0.39 is 5.41 Å². The van der Waals surface area contributed by atoms with E-state index in [4.69, 9.17) is 4.42 Å². The first-order chi connectivity index (χ1) is 36.2. The van der Waals surface area contributed by atoms with E-state index in [0.29, 0.717) is 0 Å². The van der Waals surface area contributed by atoms with Crippen LogP contribution in [0.1, 0.15) is 22.3 Å². The number of hydrogen-bond acceptors (Lipinski definition) is 2. The topological polar surface area (TPSA) is 16.4 Å². The van der Waals surface area contributed by atoms with Gasteiger partial charge in [-0.05, 0) is 132 Å². The van der Waals surface area contributed by atoms with E-state index >= 15 is 0 Å². The van der Waals surface area contributed by atoms with Gasteiger partial charge in [0.25, 0.3) is 0 Å². The molecule has 0 N–H and O–H groups in total. The highest BCUT2D eigenvalue weighted by molar-refractivity contribution is 6.14. The summed E-state index contributed by atoms with van der Waals surface area (Å²) in [5.41, 5.74) is 21.5. The van der Waals surface area contributed by atoms with Crippen LogP contribution in [-0.2, 0) is 5.41 Å². The van der Waals surface area contributed by atoms with Gasteiger partial charge in [0, 0.05) is 27.7 Å². The van der Waals surface area contributed by atoms with Gasteiger partial charge in [-0.15, -0.1) is 0 Å². The van der Waals surface area contributed by atoms with Gasteiger partial charge < -0.3 is 9.32 Å². The molecule has 0 saturated heterocycles. The molecular weight excluding hydrogens is 883 g/mol. The lowest BCUT2D eigenvalue weighted by molar-refractivity contribution is 0.669. The zero-order valence-electron chi connectivity index (χ0n) is 40.0. The monoisotopic (exact) mass is 929 g/mol. The lowest BCUT2D eigenvalue weighted by Crippen LogP contribution is -2.28. The van der Waals surface area contributed by atoms with Crippen molar-refractivity contribution >= 4 is 49.8 Å². The fraction of sp³-hybridized carbons (Fsp3) is 0.0141. The summed E-state index contributed by atoms with van der Waals surface area (Å²) in [4.78, 5) is 2.41. The lowest BCUT2D eigenvalue weighted by atomic mass is 9.67. The maximum atomic E-state index is 6.45. The predicted octanol–water partition coefficient (Wildman–Crippen LogP) is 19.2. The van der Waals surface area contributed by atoms with Crippen LogP contribution >= 0.6 is 0 Å². The van der Waals surface area contributed by atoms with E-state index in [1.54, 1.807) is 0 Å². The number of anilines is 3. The van der Waals surface area contributed by atoms with Crippen LogP contribution in [0.3, 0.4) is 0 Å². The average Bonchev–Trinajstić information content (AvgIpc) is 4.01. The fourth-order valence-electron chi connectivity index (χ4n) is 11.9. The highest BCUT2D eigenvalue weighted by atomic mass is 16.3. The Morgan fingerprint density at radius 1 is 0.301 bits per heavy atom. The molecule has 1 aliphatic rings. The molecule has 0 saturated carbocycles. The van der Waals surface area contributed by atoms with Crippen molar-refractivity contribution in [3.8, 4) is 55.6 Å². The minimum absolute atomic E-state index is 0.473. The van der Waals surface area contributed by atoms with Crippen molar-refractivity contribution < 1.29 is 4.42 Å². The third-order valence-electron chi connectivity index (χ3n) is 15.2. The Morgan fingerprint density at radius 3 is 1.52 bits per heavy atom. The number of para-hydroxylation sites is 2. The normalized spacial score (nSPS) is 12.5. The Hall–Kier alpha value is -9.50. The van der Waals surface area contributed by atoms with Crippen LogP contribution < -0.4 is 4.90 Å². The Bertz CT molecular complexity index is 4130. The molecule has 73 heavy (non-hydrogen) atoms.